The summed E-state index contributed by atoms with van der Waals surface area (Å²) in [4.78, 5) is 6.86. The molecule has 0 saturated carbocycles. The van der Waals surface area contributed by atoms with Crippen LogP contribution in [0.25, 0.3) is 10.4 Å². The number of azide groups is 1. The van der Waals surface area contributed by atoms with Gasteiger partial charge in [-0.1, -0.05) is 17.0 Å². The lowest BCUT2D eigenvalue weighted by Crippen LogP contribution is -2.46. The zero-order valence-electron chi connectivity index (χ0n) is 12.0. The number of unbranched alkanes of at least 4 members (excludes halogenated alkanes) is 2. The van der Waals surface area contributed by atoms with Gasteiger partial charge in [-0.05, 0) is 37.4 Å². The van der Waals surface area contributed by atoms with Crippen molar-refractivity contribution in [3.63, 3.8) is 0 Å². The third-order valence-electron chi connectivity index (χ3n) is 3.20. The van der Waals surface area contributed by atoms with Gasteiger partial charge in [0.15, 0.2) is 0 Å². The Morgan fingerprint density at radius 3 is 3.14 bits per heavy atom. The van der Waals surface area contributed by atoms with E-state index in [1.165, 1.54) is 6.42 Å². The summed E-state index contributed by atoms with van der Waals surface area (Å²) in [6, 6.07) is 2.38. The Labute approximate surface area is 124 Å². The highest BCUT2D eigenvalue weighted by Crippen LogP contribution is 2.12. The SMILES string of the molecule is [N-]=[N+]=NCCCCC#Cc1cncc(OC[C@@H]2CCN2)c1. The van der Waals surface area contributed by atoms with Gasteiger partial charge < -0.3 is 10.1 Å². The van der Waals surface area contributed by atoms with Crippen LogP contribution in [-0.2, 0) is 0 Å². The summed E-state index contributed by atoms with van der Waals surface area (Å²) in [5, 5.41) is 6.78. The van der Waals surface area contributed by atoms with Crippen molar-refractivity contribution < 1.29 is 4.74 Å². The number of nitrogens with zero attached hydrogens (tertiary/aromatic N) is 4. The summed E-state index contributed by atoms with van der Waals surface area (Å²) in [6.45, 7) is 2.30. The molecular weight excluding hydrogens is 266 g/mol. The molecule has 0 aromatic carbocycles. The van der Waals surface area contributed by atoms with Gasteiger partial charge in [-0.2, -0.15) is 0 Å². The monoisotopic (exact) mass is 285 g/mol. The Morgan fingerprint density at radius 2 is 2.38 bits per heavy atom. The van der Waals surface area contributed by atoms with Crippen molar-refractivity contribution in [1.29, 1.82) is 0 Å². The number of pyridine rings is 1. The van der Waals surface area contributed by atoms with Crippen LogP contribution in [0.3, 0.4) is 0 Å². The van der Waals surface area contributed by atoms with E-state index >= 15 is 0 Å². The number of rotatable bonds is 7. The van der Waals surface area contributed by atoms with Gasteiger partial charge in [0.05, 0.1) is 6.20 Å². The predicted molar refractivity (Wildman–Crippen MR) is 80.9 cm³/mol. The first-order valence-corrected chi connectivity index (χ1v) is 7.19. The van der Waals surface area contributed by atoms with Crippen molar-refractivity contribution in [3.05, 3.63) is 34.5 Å². The summed E-state index contributed by atoms with van der Waals surface area (Å²) in [7, 11) is 0. The molecule has 6 nitrogen and oxygen atoms in total. The fourth-order valence-electron chi connectivity index (χ4n) is 1.86. The minimum Gasteiger partial charge on any atom is -0.490 e. The smallest absolute Gasteiger partial charge is 0.138 e. The first-order valence-electron chi connectivity index (χ1n) is 7.19. The predicted octanol–water partition coefficient (Wildman–Crippen LogP) is 2.65. The molecule has 1 aromatic rings. The van der Waals surface area contributed by atoms with E-state index in [0.717, 1.165) is 37.1 Å². The maximum absolute atomic E-state index is 8.15. The molecule has 6 heteroatoms. The molecule has 1 aliphatic rings. The van der Waals surface area contributed by atoms with Gasteiger partial charge in [-0.15, -0.1) is 0 Å². The molecule has 0 aliphatic carbocycles. The molecule has 2 heterocycles. The van der Waals surface area contributed by atoms with Crippen LogP contribution in [0.1, 0.15) is 31.2 Å². The highest BCUT2D eigenvalue weighted by Gasteiger charge is 2.16. The largest absolute Gasteiger partial charge is 0.490 e. The van der Waals surface area contributed by atoms with E-state index in [2.05, 4.69) is 32.2 Å². The lowest BCUT2D eigenvalue weighted by molar-refractivity contribution is 0.217. The van der Waals surface area contributed by atoms with E-state index in [1.807, 2.05) is 6.07 Å². The van der Waals surface area contributed by atoms with E-state index in [-0.39, 0.29) is 0 Å². The second-order valence-electron chi connectivity index (χ2n) is 4.87. The molecule has 0 unspecified atom stereocenters. The Morgan fingerprint density at radius 1 is 1.48 bits per heavy atom. The van der Waals surface area contributed by atoms with Crippen LogP contribution in [0.2, 0.25) is 0 Å². The number of ether oxygens (including phenoxy) is 1. The fourth-order valence-corrected chi connectivity index (χ4v) is 1.86. The van der Waals surface area contributed by atoms with Crippen molar-refractivity contribution in [1.82, 2.24) is 10.3 Å². The molecule has 110 valence electrons. The van der Waals surface area contributed by atoms with Crippen molar-refractivity contribution in [2.45, 2.75) is 31.7 Å². The molecule has 1 aliphatic heterocycles. The maximum atomic E-state index is 8.15. The zero-order chi connectivity index (χ0) is 14.8. The number of hydrogen-bond donors (Lipinski definition) is 1. The highest BCUT2D eigenvalue weighted by molar-refractivity contribution is 5.36. The van der Waals surface area contributed by atoms with Gasteiger partial charge in [0.1, 0.15) is 12.4 Å². The second kappa shape index (κ2) is 8.85. The van der Waals surface area contributed by atoms with Crippen molar-refractivity contribution in [2.24, 2.45) is 5.11 Å². The molecule has 1 N–H and O–H groups in total. The van der Waals surface area contributed by atoms with Gasteiger partial charge >= 0.3 is 0 Å². The zero-order valence-corrected chi connectivity index (χ0v) is 12.0. The third kappa shape index (κ3) is 5.74. The molecule has 0 amide bonds. The Hall–Kier alpha value is -2.22. The number of hydrogen-bond acceptors (Lipinski definition) is 4. The summed E-state index contributed by atoms with van der Waals surface area (Å²) >= 11 is 0. The number of aromatic nitrogens is 1. The lowest BCUT2D eigenvalue weighted by Gasteiger charge is -2.27. The van der Waals surface area contributed by atoms with Crippen LogP contribution in [0.4, 0.5) is 0 Å². The normalized spacial score (nSPS) is 16.1. The molecule has 0 radical (unpaired) electrons. The molecule has 1 fully saturated rings. The van der Waals surface area contributed by atoms with Crippen LogP contribution in [0.5, 0.6) is 5.75 Å². The van der Waals surface area contributed by atoms with Crippen LogP contribution >= 0.6 is 0 Å². The van der Waals surface area contributed by atoms with E-state index in [4.69, 9.17) is 10.3 Å². The van der Waals surface area contributed by atoms with Gasteiger partial charge in [0.25, 0.3) is 0 Å². The topological polar surface area (TPSA) is 82.9 Å². The standard InChI is InChI=1S/C15H19N5O/c16-20-19-7-4-2-1-3-5-13-9-15(11-17-10-13)21-12-14-6-8-18-14/h9-11,14,18H,1-2,4,6-8,12H2/t14-/m0/s1. The molecule has 0 spiro atoms. The summed E-state index contributed by atoms with van der Waals surface area (Å²) in [6.07, 6.45) is 7.21. The van der Waals surface area contributed by atoms with Gasteiger partial charge in [-0.3, -0.25) is 4.98 Å². The summed E-state index contributed by atoms with van der Waals surface area (Å²) < 4.78 is 5.68. The van der Waals surface area contributed by atoms with Gasteiger partial charge in [-0.25, -0.2) is 0 Å². The molecular formula is C15H19N5O. The van der Waals surface area contributed by atoms with E-state index in [1.54, 1.807) is 12.4 Å². The first-order chi connectivity index (χ1) is 10.4. The van der Waals surface area contributed by atoms with Crippen LogP contribution < -0.4 is 10.1 Å². The van der Waals surface area contributed by atoms with Crippen molar-refractivity contribution in [2.75, 3.05) is 19.7 Å². The Kier molecular flexibility index (Phi) is 6.40. The minimum atomic E-state index is 0.468. The minimum absolute atomic E-state index is 0.468. The molecule has 2 rings (SSSR count). The van der Waals surface area contributed by atoms with Crippen LogP contribution in [-0.4, -0.2) is 30.7 Å². The van der Waals surface area contributed by atoms with E-state index < -0.39 is 0 Å². The van der Waals surface area contributed by atoms with Gasteiger partial charge in [0, 0.05) is 35.7 Å². The highest BCUT2D eigenvalue weighted by atomic mass is 16.5. The Bertz CT molecular complexity index is 553. The summed E-state index contributed by atoms with van der Waals surface area (Å²) in [5.74, 6) is 6.94. The van der Waals surface area contributed by atoms with E-state index in [0.29, 0.717) is 19.2 Å². The first kappa shape index (κ1) is 15.2. The molecule has 0 bridgehead atoms. The lowest BCUT2D eigenvalue weighted by atomic mass is 10.1. The molecule has 21 heavy (non-hydrogen) atoms. The van der Waals surface area contributed by atoms with Crippen molar-refractivity contribution >= 4 is 0 Å². The molecule has 1 aromatic heterocycles. The Balaban J connectivity index is 1.73. The van der Waals surface area contributed by atoms with Crippen molar-refractivity contribution in [3.8, 4) is 17.6 Å². The number of nitrogens with one attached hydrogen (secondary N) is 1. The van der Waals surface area contributed by atoms with Crippen LogP contribution in [0, 0.1) is 11.8 Å². The summed E-state index contributed by atoms with van der Waals surface area (Å²) in [5.41, 5.74) is 9.01. The fraction of sp³-hybridized carbons (Fsp3) is 0.533. The average molecular weight is 285 g/mol. The quantitative estimate of drug-likeness (QED) is 0.275. The van der Waals surface area contributed by atoms with Gasteiger partial charge in [0.2, 0.25) is 0 Å². The van der Waals surface area contributed by atoms with E-state index in [9.17, 15) is 0 Å². The third-order valence-corrected chi connectivity index (χ3v) is 3.20. The molecule has 1 atom stereocenters. The second-order valence-corrected chi connectivity index (χ2v) is 4.87. The maximum Gasteiger partial charge on any atom is 0.138 e. The van der Waals surface area contributed by atoms with Crippen LogP contribution in [0.15, 0.2) is 23.6 Å². The average Bonchev–Trinajstić information content (AvgIpc) is 2.45. The molecule has 1 saturated heterocycles.